The number of anilines is 1. The maximum Gasteiger partial charge on any atom is 0.335 e. The topological polar surface area (TPSA) is 89.9 Å². The van der Waals surface area contributed by atoms with E-state index in [9.17, 15) is 14.7 Å². The number of methoxy groups -OCH3 is 1. The van der Waals surface area contributed by atoms with Crippen LogP contribution in [0.2, 0.25) is 0 Å². The highest BCUT2D eigenvalue weighted by molar-refractivity contribution is 8.27. The number of carboxylic acids is 1. The van der Waals surface area contributed by atoms with Crippen molar-refractivity contribution in [2.24, 2.45) is 0 Å². The highest BCUT2D eigenvalue weighted by Crippen LogP contribution is 2.36. The Hall–Kier alpha value is -2.84. The Morgan fingerprint density at radius 2 is 1.96 bits per heavy atom. The summed E-state index contributed by atoms with van der Waals surface area (Å²) in [5.41, 5.74) is 1.17. The molecular formula is C18H12NO5S2-. The summed E-state index contributed by atoms with van der Waals surface area (Å²) in [4.78, 5) is 25.3. The Kier molecular flexibility index (Phi) is 4.97. The van der Waals surface area contributed by atoms with E-state index in [2.05, 4.69) is 0 Å². The molecule has 3 rings (SSSR count). The number of benzene rings is 2. The fourth-order valence-corrected chi connectivity index (χ4v) is 3.68. The van der Waals surface area contributed by atoms with Gasteiger partial charge in [-0.2, -0.15) is 0 Å². The molecule has 8 heteroatoms. The van der Waals surface area contributed by atoms with Gasteiger partial charge < -0.3 is 14.9 Å². The quantitative estimate of drug-likeness (QED) is 0.638. The van der Waals surface area contributed by atoms with Crippen molar-refractivity contribution in [3.8, 4) is 11.5 Å². The number of thioether (sulfide) groups is 1. The highest BCUT2D eigenvalue weighted by Gasteiger charge is 2.33. The van der Waals surface area contributed by atoms with Gasteiger partial charge in [-0.3, -0.25) is 9.69 Å². The van der Waals surface area contributed by atoms with Crippen molar-refractivity contribution in [3.63, 3.8) is 0 Å². The number of carbonyl (C=O) groups is 2. The Morgan fingerprint density at radius 3 is 2.54 bits per heavy atom. The summed E-state index contributed by atoms with van der Waals surface area (Å²) in [5, 5.41) is 20.8. The van der Waals surface area contributed by atoms with Crippen molar-refractivity contribution in [2.45, 2.75) is 0 Å². The largest absolute Gasteiger partial charge is 0.870 e. The third kappa shape index (κ3) is 3.42. The van der Waals surface area contributed by atoms with Gasteiger partial charge in [-0.1, -0.05) is 41.9 Å². The van der Waals surface area contributed by atoms with Crippen LogP contribution in [0.3, 0.4) is 0 Å². The van der Waals surface area contributed by atoms with Crippen LogP contribution in [-0.2, 0) is 4.79 Å². The first-order valence-corrected chi connectivity index (χ1v) is 8.59. The van der Waals surface area contributed by atoms with Gasteiger partial charge >= 0.3 is 5.97 Å². The lowest BCUT2D eigenvalue weighted by atomic mass is 10.1. The number of rotatable bonds is 4. The minimum Gasteiger partial charge on any atom is -0.870 e. The number of amides is 1. The summed E-state index contributed by atoms with van der Waals surface area (Å²) >= 11 is 6.39. The van der Waals surface area contributed by atoms with Crippen molar-refractivity contribution in [1.29, 1.82) is 0 Å². The molecule has 1 amide bonds. The fourth-order valence-electron chi connectivity index (χ4n) is 2.38. The predicted molar refractivity (Wildman–Crippen MR) is 101 cm³/mol. The molecule has 26 heavy (non-hydrogen) atoms. The van der Waals surface area contributed by atoms with Gasteiger partial charge in [-0.15, -0.1) is 0 Å². The molecule has 1 heterocycles. The summed E-state index contributed by atoms with van der Waals surface area (Å²) in [6.45, 7) is 0. The second-order valence-corrected chi connectivity index (χ2v) is 6.96. The Morgan fingerprint density at radius 1 is 1.27 bits per heavy atom. The van der Waals surface area contributed by atoms with Crippen molar-refractivity contribution in [1.82, 2.24) is 0 Å². The minimum absolute atomic E-state index is 0.121. The number of ether oxygens (including phenoxy) is 1. The highest BCUT2D eigenvalue weighted by atomic mass is 32.2. The Bertz CT molecular complexity index is 937. The summed E-state index contributed by atoms with van der Waals surface area (Å²) in [5.74, 6) is -1.42. The molecule has 0 unspecified atom stereocenters. The molecule has 1 saturated heterocycles. The lowest BCUT2D eigenvalue weighted by Crippen LogP contribution is -2.27. The van der Waals surface area contributed by atoms with E-state index in [4.69, 9.17) is 22.1 Å². The second kappa shape index (κ2) is 7.19. The van der Waals surface area contributed by atoms with Crippen LogP contribution in [0.1, 0.15) is 15.9 Å². The molecule has 2 aromatic rings. The van der Waals surface area contributed by atoms with Gasteiger partial charge in [0, 0.05) is 0 Å². The van der Waals surface area contributed by atoms with Gasteiger partial charge in [0.15, 0.2) is 4.32 Å². The van der Waals surface area contributed by atoms with E-state index >= 15 is 0 Å². The zero-order valence-electron chi connectivity index (χ0n) is 13.5. The molecule has 1 fully saturated rings. The van der Waals surface area contributed by atoms with E-state index in [1.807, 2.05) is 0 Å². The number of hydrogen-bond donors (Lipinski definition) is 1. The van der Waals surface area contributed by atoms with Gasteiger partial charge in [-0.25, -0.2) is 4.79 Å². The molecule has 0 aliphatic carbocycles. The summed E-state index contributed by atoms with van der Waals surface area (Å²) in [6.07, 6.45) is 1.59. The Labute approximate surface area is 158 Å². The maximum absolute atomic E-state index is 12.7. The number of hydrogen-bond acceptors (Lipinski definition) is 6. The minimum atomic E-state index is -1.05. The first-order valence-electron chi connectivity index (χ1n) is 7.37. The van der Waals surface area contributed by atoms with E-state index in [1.54, 1.807) is 18.2 Å². The number of aromatic carboxylic acids is 1. The van der Waals surface area contributed by atoms with E-state index in [0.29, 0.717) is 20.5 Å². The molecule has 132 valence electrons. The zero-order chi connectivity index (χ0) is 18.8. The van der Waals surface area contributed by atoms with Gasteiger partial charge in [0.25, 0.3) is 5.91 Å². The molecule has 1 N–H and O–H groups in total. The molecule has 0 radical (unpaired) electrons. The monoisotopic (exact) mass is 386 g/mol. The van der Waals surface area contributed by atoms with Crippen LogP contribution in [-0.4, -0.2) is 28.4 Å². The van der Waals surface area contributed by atoms with Crippen LogP contribution in [0.25, 0.3) is 6.08 Å². The standard InChI is InChI=1S/C18H13NO5S2/c1-24-14-7-2-10(8-13(14)20)9-15-16(21)19(18(25)26-15)12-5-3-11(4-6-12)17(22)23/h2-9,20H,1H3,(H,22,23)/p-1/b15-9-. The average molecular weight is 386 g/mol. The smallest absolute Gasteiger partial charge is 0.335 e. The van der Waals surface area contributed by atoms with E-state index in [0.717, 1.165) is 11.8 Å². The van der Waals surface area contributed by atoms with Crippen molar-refractivity contribution < 1.29 is 24.5 Å². The van der Waals surface area contributed by atoms with Gasteiger partial charge in [0.2, 0.25) is 0 Å². The molecule has 0 saturated carbocycles. The normalized spacial score (nSPS) is 15.6. The Balaban J connectivity index is 1.88. The lowest BCUT2D eigenvalue weighted by Gasteiger charge is -2.14. The first-order chi connectivity index (χ1) is 12.4. The van der Waals surface area contributed by atoms with Crippen molar-refractivity contribution in [3.05, 3.63) is 58.5 Å². The number of thiocarbonyl (C=S) groups is 1. The van der Waals surface area contributed by atoms with Crippen LogP contribution in [0, 0.1) is 0 Å². The molecule has 0 spiro atoms. The van der Waals surface area contributed by atoms with Crippen LogP contribution < -0.4 is 14.7 Å². The summed E-state index contributed by atoms with van der Waals surface area (Å²) in [7, 11) is 1.41. The second-order valence-electron chi connectivity index (χ2n) is 5.28. The third-order valence-corrected chi connectivity index (χ3v) is 4.95. The molecular weight excluding hydrogens is 374 g/mol. The SMILES string of the molecule is COc1ccc(/C=C2\SC(=S)N(c3ccc(C(=O)O)cc3)C2=O)cc1[O-]. The molecule has 0 bridgehead atoms. The third-order valence-electron chi connectivity index (χ3n) is 3.65. The van der Waals surface area contributed by atoms with E-state index in [-0.39, 0.29) is 23.0 Å². The number of carboxylic acid groups (broad SMARTS) is 1. The van der Waals surface area contributed by atoms with Crippen molar-refractivity contribution >= 4 is 51.9 Å². The van der Waals surface area contributed by atoms with Gasteiger partial charge in [0.1, 0.15) is 5.75 Å². The number of nitrogens with zero attached hydrogens (tertiary/aromatic N) is 1. The first kappa shape index (κ1) is 18.0. The fraction of sp³-hybridized carbons (Fsp3) is 0.0556. The molecule has 1 aliphatic heterocycles. The molecule has 0 aromatic heterocycles. The summed E-state index contributed by atoms with van der Waals surface area (Å²) < 4.78 is 5.27. The van der Waals surface area contributed by atoms with E-state index < -0.39 is 5.97 Å². The molecule has 1 aliphatic rings. The maximum atomic E-state index is 12.7. The zero-order valence-corrected chi connectivity index (χ0v) is 15.1. The summed E-state index contributed by atoms with van der Waals surface area (Å²) in [6, 6.07) is 10.5. The molecule has 2 aromatic carbocycles. The van der Waals surface area contributed by atoms with Gasteiger partial charge in [0.05, 0.1) is 23.3 Å². The van der Waals surface area contributed by atoms with Crippen molar-refractivity contribution in [2.75, 3.05) is 12.0 Å². The lowest BCUT2D eigenvalue weighted by molar-refractivity contribution is -0.270. The van der Waals surface area contributed by atoms with Gasteiger partial charge in [-0.05, 0) is 42.0 Å². The van der Waals surface area contributed by atoms with Crippen LogP contribution >= 0.6 is 24.0 Å². The van der Waals surface area contributed by atoms with Crippen LogP contribution in [0.4, 0.5) is 5.69 Å². The van der Waals surface area contributed by atoms with Crippen LogP contribution in [0.5, 0.6) is 11.5 Å². The predicted octanol–water partition coefficient (Wildman–Crippen LogP) is 2.87. The average Bonchev–Trinajstić information content (AvgIpc) is 2.89. The number of carbonyl (C=O) groups excluding carboxylic acids is 1. The molecule has 6 nitrogen and oxygen atoms in total. The van der Waals surface area contributed by atoms with E-state index in [1.165, 1.54) is 42.3 Å². The van der Waals surface area contributed by atoms with Crippen LogP contribution in [0.15, 0.2) is 47.4 Å². The molecule has 0 atom stereocenters.